The molecule has 114 valence electrons. The minimum atomic E-state index is -0.186. The number of hydrazone groups is 1. The first-order valence-electron chi connectivity index (χ1n) is 7.29. The first kappa shape index (κ1) is 15.8. The van der Waals surface area contributed by atoms with Gasteiger partial charge in [-0.3, -0.25) is 5.43 Å². The summed E-state index contributed by atoms with van der Waals surface area (Å²) in [5.74, 6) is 0. The van der Waals surface area contributed by atoms with Gasteiger partial charge in [-0.05, 0) is 51.2 Å². The summed E-state index contributed by atoms with van der Waals surface area (Å²) in [6.45, 7) is 2.10. The van der Waals surface area contributed by atoms with Gasteiger partial charge in [0, 0.05) is 24.8 Å². The summed E-state index contributed by atoms with van der Waals surface area (Å²) in [5, 5.41) is 21.0. The van der Waals surface area contributed by atoms with Crippen LogP contribution in [0, 0.1) is 22.7 Å². The Labute approximate surface area is 131 Å². The lowest BCUT2D eigenvalue weighted by molar-refractivity contribution is 0.258. The smallest absolute Gasteiger partial charge is 0.237 e. The van der Waals surface area contributed by atoms with Gasteiger partial charge in [0.2, 0.25) is 5.71 Å². The van der Waals surface area contributed by atoms with Crippen LogP contribution in [-0.4, -0.2) is 43.8 Å². The van der Waals surface area contributed by atoms with E-state index in [1.807, 2.05) is 24.3 Å². The van der Waals surface area contributed by atoms with Gasteiger partial charge in [0.15, 0.2) is 0 Å². The molecule has 0 radical (unpaired) electrons. The van der Waals surface area contributed by atoms with Crippen LogP contribution in [0.5, 0.6) is 0 Å². The lowest BCUT2D eigenvalue weighted by atomic mass is 10.0. The Balaban J connectivity index is 2.02. The van der Waals surface area contributed by atoms with Crippen LogP contribution < -0.4 is 10.3 Å². The second kappa shape index (κ2) is 7.44. The van der Waals surface area contributed by atoms with Crippen LogP contribution in [0.2, 0.25) is 0 Å². The number of rotatable bonds is 4. The molecule has 1 aromatic carbocycles. The fraction of sp³-hybridized carbons (Fsp3) is 0.438. The molecule has 1 aliphatic rings. The maximum Gasteiger partial charge on any atom is 0.237 e. The summed E-state index contributed by atoms with van der Waals surface area (Å²) >= 11 is 0. The molecule has 22 heavy (non-hydrogen) atoms. The summed E-state index contributed by atoms with van der Waals surface area (Å²) in [5.41, 5.74) is 4.47. The van der Waals surface area contributed by atoms with Crippen molar-refractivity contribution in [2.75, 3.05) is 37.5 Å². The fourth-order valence-electron chi connectivity index (χ4n) is 2.55. The molecule has 1 aromatic rings. The highest BCUT2D eigenvalue weighted by Crippen LogP contribution is 2.23. The molecule has 0 saturated carbocycles. The van der Waals surface area contributed by atoms with E-state index in [4.69, 9.17) is 10.5 Å². The van der Waals surface area contributed by atoms with E-state index < -0.39 is 0 Å². The van der Waals surface area contributed by atoms with Crippen LogP contribution in [0.25, 0.3) is 0 Å². The minimum Gasteiger partial charge on any atom is -0.370 e. The zero-order valence-corrected chi connectivity index (χ0v) is 13.0. The largest absolute Gasteiger partial charge is 0.370 e. The normalized spacial score (nSPS) is 17.5. The third kappa shape index (κ3) is 3.97. The van der Waals surface area contributed by atoms with Gasteiger partial charge in [0.25, 0.3) is 0 Å². The Kier molecular flexibility index (Phi) is 5.35. The molecule has 0 bridgehead atoms. The van der Waals surface area contributed by atoms with Crippen molar-refractivity contribution in [2.45, 2.75) is 18.9 Å². The first-order valence-corrected chi connectivity index (χ1v) is 7.29. The molecule has 1 unspecified atom stereocenters. The second-order valence-electron chi connectivity index (χ2n) is 5.55. The highest BCUT2D eigenvalue weighted by molar-refractivity contribution is 6.10. The van der Waals surface area contributed by atoms with Crippen LogP contribution in [0.4, 0.5) is 11.4 Å². The van der Waals surface area contributed by atoms with E-state index in [0.29, 0.717) is 6.04 Å². The average Bonchev–Trinajstić information content (AvgIpc) is 2.56. The van der Waals surface area contributed by atoms with Crippen LogP contribution in [0.15, 0.2) is 29.4 Å². The molecule has 0 amide bonds. The maximum atomic E-state index is 8.63. The Morgan fingerprint density at radius 3 is 2.55 bits per heavy atom. The Bertz CT molecular complexity index is 589. The molecule has 1 fully saturated rings. The molecule has 1 aliphatic heterocycles. The van der Waals surface area contributed by atoms with Crippen molar-refractivity contribution in [1.82, 2.24) is 4.90 Å². The van der Waals surface area contributed by atoms with Crippen molar-refractivity contribution in [1.29, 1.82) is 10.5 Å². The van der Waals surface area contributed by atoms with Crippen molar-refractivity contribution in [2.24, 2.45) is 5.10 Å². The van der Waals surface area contributed by atoms with E-state index in [-0.39, 0.29) is 5.71 Å². The molecule has 1 saturated heterocycles. The van der Waals surface area contributed by atoms with E-state index in [2.05, 4.69) is 34.4 Å². The van der Waals surface area contributed by atoms with Crippen molar-refractivity contribution in [3.05, 3.63) is 24.3 Å². The van der Waals surface area contributed by atoms with Crippen molar-refractivity contribution in [3.63, 3.8) is 0 Å². The zero-order chi connectivity index (χ0) is 15.9. The predicted molar refractivity (Wildman–Crippen MR) is 87.6 cm³/mol. The quantitative estimate of drug-likeness (QED) is 0.679. The van der Waals surface area contributed by atoms with E-state index in [9.17, 15) is 0 Å². The number of nitrogens with one attached hydrogen (secondary N) is 1. The zero-order valence-electron chi connectivity index (χ0n) is 13.0. The lowest BCUT2D eigenvalue weighted by Gasteiger charge is -2.37. The molecular weight excluding hydrogens is 276 g/mol. The van der Waals surface area contributed by atoms with Gasteiger partial charge in [-0.2, -0.15) is 15.6 Å². The molecule has 1 atom stereocenters. The van der Waals surface area contributed by atoms with Crippen molar-refractivity contribution >= 4 is 17.1 Å². The lowest BCUT2D eigenvalue weighted by Crippen LogP contribution is -2.45. The molecule has 6 heteroatoms. The van der Waals surface area contributed by atoms with Gasteiger partial charge in [0.05, 0.1) is 5.69 Å². The number of benzene rings is 1. The standard InChI is InChI=1S/C16H20N6/c1-21(2)16-4-3-9-22(12-16)15-7-5-13(6-8-15)19-20-14(10-17)11-18/h5-8,16,19H,3-4,9,12H2,1-2H3. The van der Waals surface area contributed by atoms with Crippen LogP contribution in [0.1, 0.15) is 12.8 Å². The van der Waals surface area contributed by atoms with E-state index in [1.54, 1.807) is 12.1 Å². The molecule has 1 heterocycles. The van der Waals surface area contributed by atoms with Gasteiger partial charge in [-0.15, -0.1) is 0 Å². The van der Waals surface area contributed by atoms with Gasteiger partial charge in [0.1, 0.15) is 12.1 Å². The van der Waals surface area contributed by atoms with E-state index in [0.717, 1.165) is 18.8 Å². The molecule has 2 rings (SSSR count). The summed E-state index contributed by atoms with van der Waals surface area (Å²) < 4.78 is 0. The van der Waals surface area contributed by atoms with Crippen LogP contribution >= 0.6 is 0 Å². The third-order valence-electron chi connectivity index (χ3n) is 3.87. The maximum absolute atomic E-state index is 8.63. The number of likely N-dealkylation sites (N-methyl/N-ethyl adjacent to an activating group) is 1. The fourth-order valence-corrected chi connectivity index (χ4v) is 2.55. The molecule has 0 aliphatic carbocycles. The molecule has 0 aromatic heterocycles. The first-order chi connectivity index (χ1) is 10.6. The summed E-state index contributed by atoms with van der Waals surface area (Å²) in [6.07, 6.45) is 2.43. The average molecular weight is 296 g/mol. The number of nitrogens with zero attached hydrogens (tertiary/aromatic N) is 5. The van der Waals surface area contributed by atoms with Gasteiger partial charge >= 0.3 is 0 Å². The topological polar surface area (TPSA) is 78.4 Å². The molecular formula is C16H20N6. The SMILES string of the molecule is CN(C)C1CCCN(c2ccc(NN=C(C#N)C#N)cc2)C1. The number of anilines is 2. The van der Waals surface area contributed by atoms with Gasteiger partial charge in [-0.1, -0.05) is 0 Å². The number of hydrogen-bond acceptors (Lipinski definition) is 6. The van der Waals surface area contributed by atoms with Gasteiger partial charge < -0.3 is 9.80 Å². The summed E-state index contributed by atoms with van der Waals surface area (Å²) in [6, 6.07) is 11.9. The molecule has 1 N–H and O–H groups in total. The number of hydrogen-bond donors (Lipinski definition) is 1. The van der Waals surface area contributed by atoms with Crippen molar-refractivity contribution < 1.29 is 0 Å². The Morgan fingerprint density at radius 1 is 1.27 bits per heavy atom. The minimum absolute atomic E-state index is 0.186. The number of nitriles is 2. The Morgan fingerprint density at radius 2 is 1.95 bits per heavy atom. The van der Waals surface area contributed by atoms with E-state index in [1.165, 1.54) is 18.5 Å². The van der Waals surface area contributed by atoms with E-state index >= 15 is 0 Å². The second-order valence-corrected chi connectivity index (χ2v) is 5.55. The summed E-state index contributed by atoms with van der Waals surface area (Å²) in [4.78, 5) is 4.67. The number of piperidine rings is 1. The summed E-state index contributed by atoms with van der Waals surface area (Å²) in [7, 11) is 4.25. The van der Waals surface area contributed by atoms with Crippen molar-refractivity contribution in [3.8, 4) is 12.1 Å². The Hall–Kier alpha value is -2.57. The molecule has 0 spiro atoms. The highest BCUT2D eigenvalue weighted by atomic mass is 15.3. The monoisotopic (exact) mass is 296 g/mol. The van der Waals surface area contributed by atoms with Crippen LogP contribution in [0.3, 0.4) is 0 Å². The van der Waals surface area contributed by atoms with Crippen LogP contribution in [-0.2, 0) is 0 Å². The predicted octanol–water partition coefficient (Wildman–Crippen LogP) is 2.03. The van der Waals surface area contributed by atoms with Gasteiger partial charge in [-0.25, -0.2) is 0 Å². The molecule has 6 nitrogen and oxygen atoms in total. The highest BCUT2D eigenvalue weighted by Gasteiger charge is 2.21. The third-order valence-corrected chi connectivity index (χ3v) is 3.87.